The lowest BCUT2D eigenvalue weighted by Gasteiger charge is -2.16. The average Bonchev–Trinajstić information content (AvgIpc) is 2.84. The smallest absolute Gasteiger partial charge is 0.339 e. The van der Waals surface area contributed by atoms with Crippen LogP contribution in [-0.2, 0) is 15.5 Å². The number of ether oxygens (including phenoxy) is 3. The SMILES string of the molecule is CCOC(=O)C(O)c1cc(C(C)(F)F)cc2c1OCO2. The molecule has 1 N–H and O–H groups in total. The molecular weight excluding hydrogens is 274 g/mol. The van der Waals surface area contributed by atoms with E-state index in [0.717, 1.165) is 12.1 Å². The molecule has 0 saturated carbocycles. The number of carbonyl (C=O) groups is 1. The van der Waals surface area contributed by atoms with Crippen LogP contribution in [0.15, 0.2) is 12.1 Å². The molecule has 1 aromatic carbocycles. The highest BCUT2D eigenvalue weighted by Gasteiger charge is 2.33. The van der Waals surface area contributed by atoms with Gasteiger partial charge in [0.2, 0.25) is 6.79 Å². The summed E-state index contributed by atoms with van der Waals surface area (Å²) >= 11 is 0. The number of hydrogen-bond donors (Lipinski definition) is 1. The minimum absolute atomic E-state index is 0.0685. The molecule has 0 aliphatic carbocycles. The highest BCUT2D eigenvalue weighted by molar-refractivity contribution is 5.78. The second-order valence-corrected chi connectivity index (χ2v) is 4.34. The predicted octanol–water partition coefficient (Wildman–Crippen LogP) is 2.12. The fraction of sp³-hybridized carbons (Fsp3) is 0.462. The summed E-state index contributed by atoms with van der Waals surface area (Å²) in [5.41, 5.74) is -0.463. The van der Waals surface area contributed by atoms with Crippen LogP contribution in [0.1, 0.15) is 31.1 Å². The van der Waals surface area contributed by atoms with Crippen molar-refractivity contribution in [2.75, 3.05) is 13.4 Å². The van der Waals surface area contributed by atoms with E-state index in [1.54, 1.807) is 6.92 Å². The van der Waals surface area contributed by atoms with Crippen LogP contribution < -0.4 is 9.47 Å². The molecule has 1 aliphatic heterocycles. The molecule has 20 heavy (non-hydrogen) atoms. The molecule has 0 fully saturated rings. The van der Waals surface area contributed by atoms with Crippen LogP contribution in [0.3, 0.4) is 0 Å². The minimum Gasteiger partial charge on any atom is -0.464 e. The molecule has 1 unspecified atom stereocenters. The zero-order chi connectivity index (χ0) is 14.9. The van der Waals surface area contributed by atoms with Gasteiger partial charge in [-0.3, -0.25) is 0 Å². The molecule has 1 aliphatic rings. The molecule has 0 spiro atoms. The number of benzene rings is 1. The van der Waals surface area contributed by atoms with Gasteiger partial charge in [0.25, 0.3) is 5.92 Å². The minimum atomic E-state index is -3.13. The van der Waals surface area contributed by atoms with Crippen molar-refractivity contribution in [3.63, 3.8) is 0 Å². The second kappa shape index (κ2) is 5.24. The number of fused-ring (bicyclic) bond motifs is 1. The Morgan fingerprint density at radius 3 is 2.80 bits per heavy atom. The summed E-state index contributed by atoms with van der Waals surface area (Å²) in [6.07, 6.45) is -1.70. The summed E-state index contributed by atoms with van der Waals surface area (Å²) in [5.74, 6) is -3.91. The number of aliphatic hydroxyl groups is 1. The first-order chi connectivity index (χ1) is 9.34. The first kappa shape index (κ1) is 14.5. The van der Waals surface area contributed by atoms with Crippen LogP contribution >= 0.6 is 0 Å². The summed E-state index contributed by atoms with van der Waals surface area (Å²) in [4.78, 5) is 11.5. The lowest BCUT2D eigenvalue weighted by molar-refractivity contribution is -0.153. The van der Waals surface area contributed by atoms with Gasteiger partial charge in [0, 0.05) is 18.1 Å². The third-order valence-corrected chi connectivity index (χ3v) is 2.81. The van der Waals surface area contributed by atoms with Crippen LogP contribution in [0.2, 0.25) is 0 Å². The van der Waals surface area contributed by atoms with Gasteiger partial charge in [-0.25, -0.2) is 13.6 Å². The molecule has 0 aromatic heterocycles. The van der Waals surface area contributed by atoms with Crippen LogP contribution in [-0.4, -0.2) is 24.5 Å². The van der Waals surface area contributed by atoms with Gasteiger partial charge in [-0.15, -0.1) is 0 Å². The third kappa shape index (κ3) is 2.67. The highest BCUT2D eigenvalue weighted by Crippen LogP contribution is 2.43. The summed E-state index contributed by atoms with van der Waals surface area (Å²) in [5, 5.41) is 9.92. The Kier molecular flexibility index (Phi) is 3.80. The Bertz CT molecular complexity index is 524. The maximum absolute atomic E-state index is 13.4. The molecule has 2 rings (SSSR count). The van der Waals surface area contributed by atoms with Gasteiger partial charge in [0.05, 0.1) is 6.61 Å². The number of rotatable bonds is 4. The van der Waals surface area contributed by atoms with Gasteiger partial charge >= 0.3 is 5.97 Å². The van der Waals surface area contributed by atoms with Crippen molar-refractivity contribution < 1.29 is 32.9 Å². The zero-order valence-electron chi connectivity index (χ0n) is 11.0. The molecule has 7 heteroatoms. The van der Waals surface area contributed by atoms with E-state index in [1.807, 2.05) is 0 Å². The van der Waals surface area contributed by atoms with E-state index < -0.39 is 18.0 Å². The summed E-state index contributed by atoms with van der Waals surface area (Å²) in [7, 11) is 0. The maximum Gasteiger partial charge on any atom is 0.339 e. The molecule has 1 heterocycles. The van der Waals surface area contributed by atoms with Crippen molar-refractivity contribution in [2.24, 2.45) is 0 Å². The van der Waals surface area contributed by atoms with Crippen molar-refractivity contribution in [2.45, 2.75) is 25.9 Å². The topological polar surface area (TPSA) is 65.0 Å². The van der Waals surface area contributed by atoms with Gasteiger partial charge in [-0.1, -0.05) is 0 Å². The monoisotopic (exact) mass is 288 g/mol. The van der Waals surface area contributed by atoms with Crippen LogP contribution in [0.25, 0.3) is 0 Å². The van der Waals surface area contributed by atoms with Gasteiger partial charge in [0.15, 0.2) is 17.6 Å². The van der Waals surface area contributed by atoms with E-state index >= 15 is 0 Å². The molecule has 0 amide bonds. The standard InChI is InChI=1S/C13H14F2O5/c1-3-18-12(17)10(16)8-4-7(13(2,14)15)5-9-11(8)20-6-19-9/h4-5,10,16H,3,6H2,1-2H3. The quantitative estimate of drug-likeness (QED) is 0.860. The largest absolute Gasteiger partial charge is 0.464 e. The molecule has 110 valence electrons. The van der Waals surface area contributed by atoms with E-state index in [0.29, 0.717) is 6.92 Å². The fourth-order valence-electron chi connectivity index (χ4n) is 1.84. The lowest BCUT2D eigenvalue weighted by atomic mass is 10.0. The van der Waals surface area contributed by atoms with E-state index in [1.165, 1.54) is 0 Å². The van der Waals surface area contributed by atoms with E-state index in [-0.39, 0.29) is 36.0 Å². The zero-order valence-corrected chi connectivity index (χ0v) is 11.0. The van der Waals surface area contributed by atoms with Crippen molar-refractivity contribution >= 4 is 5.97 Å². The number of aliphatic hydroxyl groups excluding tert-OH is 1. The first-order valence-electron chi connectivity index (χ1n) is 6.01. The van der Waals surface area contributed by atoms with Gasteiger partial charge in [-0.2, -0.15) is 0 Å². The van der Waals surface area contributed by atoms with Gasteiger partial charge < -0.3 is 19.3 Å². The van der Waals surface area contributed by atoms with Crippen molar-refractivity contribution in [1.29, 1.82) is 0 Å². The molecular formula is C13H14F2O5. The number of hydrogen-bond acceptors (Lipinski definition) is 5. The highest BCUT2D eigenvalue weighted by atomic mass is 19.3. The van der Waals surface area contributed by atoms with E-state index in [9.17, 15) is 18.7 Å². The summed E-state index contributed by atoms with van der Waals surface area (Å²) in [6, 6.07) is 2.15. The van der Waals surface area contributed by atoms with Crippen molar-refractivity contribution in [1.82, 2.24) is 0 Å². The summed E-state index contributed by atoms with van der Waals surface area (Å²) in [6.45, 7) is 2.20. The summed E-state index contributed by atoms with van der Waals surface area (Å²) < 4.78 is 41.7. The molecule has 0 bridgehead atoms. The van der Waals surface area contributed by atoms with Gasteiger partial charge in [-0.05, 0) is 19.1 Å². The molecule has 1 aromatic rings. The van der Waals surface area contributed by atoms with Crippen molar-refractivity contribution in [3.8, 4) is 11.5 Å². The van der Waals surface area contributed by atoms with Crippen LogP contribution in [0.4, 0.5) is 8.78 Å². The lowest BCUT2D eigenvalue weighted by Crippen LogP contribution is -2.17. The Morgan fingerprint density at radius 2 is 2.20 bits per heavy atom. The fourth-order valence-corrected chi connectivity index (χ4v) is 1.84. The van der Waals surface area contributed by atoms with E-state index in [2.05, 4.69) is 4.74 Å². The predicted molar refractivity (Wildman–Crippen MR) is 63.7 cm³/mol. The molecule has 1 atom stereocenters. The number of carbonyl (C=O) groups excluding carboxylic acids is 1. The Morgan fingerprint density at radius 1 is 1.50 bits per heavy atom. The second-order valence-electron chi connectivity index (χ2n) is 4.34. The number of esters is 1. The van der Waals surface area contributed by atoms with Crippen LogP contribution in [0, 0.1) is 0 Å². The molecule has 5 nitrogen and oxygen atoms in total. The van der Waals surface area contributed by atoms with Crippen LogP contribution in [0.5, 0.6) is 11.5 Å². The Hall–Kier alpha value is -1.89. The van der Waals surface area contributed by atoms with E-state index in [4.69, 9.17) is 9.47 Å². The molecule has 0 radical (unpaired) electrons. The average molecular weight is 288 g/mol. The normalized spacial score (nSPS) is 15.1. The Labute approximate surface area is 114 Å². The maximum atomic E-state index is 13.4. The van der Waals surface area contributed by atoms with Gasteiger partial charge in [0.1, 0.15) is 0 Å². The molecule has 0 saturated heterocycles. The van der Waals surface area contributed by atoms with Crippen molar-refractivity contribution in [3.05, 3.63) is 23.3 Å². The third-order valence-electron chi connectivity index (χ3n) is 2.81. The number of halogens is 2. The first-order valence-corrected chi connectivity index (χ1v) is 6.01. The Balaban J connectivity index is 2.46. The number of alkyl halides is 2.